The van der Waals surface area contributed by atoms with Gasteiger partial charge in [-0.05, 0) is 49.7 Å². The fraction of sp³-hybridized carbons (Fsp3) is 0.591. The smallest absolute Gasteiger partial charge is 0.0534 e. The molecule has 3 fully saturated rings. The number of rotatable bonds is 4. The highest BCUT2D eigenvalue weighted by Gasteiger charge is 2.38. The summed E-state index contributed by atoms with van der Waals surface area (Å²) in [5.74, 6) is 0.832. The average Bonchev–Trinajstić information content (AvgIpc) is 3.20. The van der Waals surface area contributed by atoms with Gasteiger partial charge in [-0.3, -0.25) is 14.5 Å². The highest BCUT2D eigenvalue weighted by atomic mass is 15.3. The first kappa shape index (κ1) is 16.5. The summed E-state index contributed by atoms with van der Waals surface area (Å²) >= 11 is 0. The highest BCUT2D eigenvalue weighted by molar-refractivity contribution is 5.33. The van der Waals surface area contributed by atoms with E-state index >= 15 is 0 Å². The highest BCUT2D eigenvalue weighted by Crippen LogP contribution is 2.33. The third-order valence-corrected chi connectivity index (χ3v) is 6.80. The third kappa shape index (κ3) is 3.10. The Labute approximate surface area is 156 Å². The Balaban J connectivity index is 1.28. The van der Waals surface area contributed by atoms with E-state index in [1.807, 2.05) is 4.68 Å². The van der Waals surface area contributed by atoms with Gasteiger partial charge in [-0.1, -0.05) is 24.3 Å². The third-order valence-electron chi connectivity index (χ3n) is 6.80. The number of hydrogen-bond acceptors (Lipinski definition) is 3. The second kappa shape index (κ2) is 6.82. The van der Waals surface area contributed by atoms with Crippen LogP contribution in [-0.4, -0.2) is 51.3 Å². The van der Waals surface area contributed by atoms with Crippen LogP contribution in [0.15, 0.2) is 36.7 Å². The first-order chi connectivity index (χ1) is 12.8. The van der Waals surface area contributed by atoms with Crippen LogP contribution in [0.25, 0.3) is 0 Å². The Morgan fingerprint density at radius 3 is 2.54 bits per heavy atom. The molecule has 6 rings (SSSR count). The molecule has 26 heavy (non-hydrogen) atoms. The maximum atomic E-state index is 4.47. The zero-order valence-electron chi connectivity index (χ0n) is 15.8. The second-order valence-corrected chi connectivity index (χ2v) is 8.52. The summed E-state index contributed by atoms with van der Waals surface area (Å²) in [4.78, 5) is 5.57. The van der Waals surface area contributed by atoms with Gasteiger partial charge < -0.3 is 0 Å². The van der Waals surface area contributed by atoms with Gasteiger partial charge >= 0.3 is 0 Å². The molecule has 1 aromatic heterocycles. The number of piperidine rings is 1. The first-order valence-corrected chi connectivity index (χ1v) is 10.3. The molecule has 4 nitrogen and oxygen atoms in total. The van der Waals surface area contributed by atoms with Crippen LogP contribution in [0.1, 0.15) is 36.5 Å². The predicted octanol–water partition coefficient (Wildman–Crippen LogP) is 2.97. The van der Waals surface area contributed by atoms with Gasteiger partial charge in [0, 0.05) is 56.6 Å². The molecule has 2 atom stereocenters. The molecule has 0 radical (unpaired) electrons. The van der Waals surface area contributed by atoms with Crippen molar-refractivity contribution in [3.63, 3.8) is 0 Å². The zero-order chi connectivity index (χ0) is 17.5. The van der Waals surface area contributed by atoms with E-state index in [1.54, 1.807) is 11.1 Å². The molecule has 0 N–H and O–H groups in total. The molecule has 1 aliphatic carbocycles. The summed E-state index contributed by atoms with van der Waals surface area (Å²) in [6, 6.07) is 10.5. The van der Waals surface area contributed by atoms with Gasteiger partial charge in [-0.15, -0.1) is 0 Å². The summed E-state index contributed by atoms with van der Waals surface area (Å²) in [6.45, 7) is 7.99. The number of aromatic nitrogens is 2. The fourth-order valence-electron chi connectivity index (χ4n) is 5.40. The Hall–Kier alpha value is -1.65. The quantitative estimate of drug-likeness (QED) is 0.847. The monoisotopic (exact) mass is 350 g/mol. The Bertz CT molecular complexity index is 742. The summed E-state index contributed by atoms with van der Waals surface area (Å²) in [5.41, 5.74) is 4.54. The van der Waals surface area contributed by atoms with Crippen LogP contribution < -0.4 is 0 Å². The lowest BCUT2D eigenvalue weighted by Crippen LogP contribution is -2.44. The van der Waals surface area contributed by atoms with Crippen LogP contribution in [0.4, 0.5) is 0 Å². The molecule has 3 aliphatic heterocycles. The minimum absolute atomic E-state index is 0.711. The molecule has 4 aliphatic rings. The molecular formula is C22H30N4. The van der Waals surface area contributed by atoms with Gasteiger partial charge in [-0.2, -0.15) is 5.10 Å². The molecule has 2 aromatic rings. The summed E-state index contributed by atoms with van der Waals surface area (Å²) in [6.07, 6.45) is 9.56. The molecular weight excluding hydrogens is 320 g/mol. The van der Waals surface area contributed by atoms with Crippen LogP contribution >= 0.6 is 0 Å². The van der Waals surface area contributed by atoms with Gasteiger partial charge in [0.1, 0.15) is 0 Å². The zero-order valence-corrected chi connectivity index (χ0v) is 15.8. The van der Waals surface area contributed by atoms with Gasteiger partial charge in [0.05, 0.1) is 6.20 Å². The molecule has 1 aromatic carbocycles. The maximum absolute atomic E-state index is 4.47. The van der Waals surface area contributed by atoms with E-state index in [2.05, 4.69) is 58.5 Å². The Kier molecular flexibility index (Phi) is 4.33. The lowest BCUT2D eigenvalue weighted by atomic mass is 9.95. The number of aryl methyl sites for hydroxylation is 1. The van der Waals surface area contributed by atoms with Gasteiger partial charge in [0.25, 0.3) is 0 Å². The van der Waals surface area contributed by atoms with Crippen LogP contribution in [-0.2, 0) is 25.9 Å². The number of nitrogens with zero attached hydrogens (tertiary/aromatic N) is 4. The van der Waals surface area contributed by atoms with Gasteiger partial charge in [0.15, 0.2) is 0 Å². The molecule has 0 amide bonds. The summed E-state index contributed by atoms with van der Waals surface area (Å²) < 4.78 is 2.05. The van der Waals surface area contributed by atoms with E-state index < -0.39 is 0 Å². The molecule has 3 saturated heterocycles. The molecule has 138 valence electrons. The van der Waals surface area contributed by atoms with E-state index in [4.69, 9.17) is 0 Å². The van der Waals surface area contributed by atoms with Crippen molar-refractivity contribution in [1.29, 1.82) is 0 Å². The molecule has 4 heterocycles. The minimum Gasteiger partial charge on any atom is -0.298 e. The van der Waals surface area contributed by atoms with E-state index in [1.165, 1.54) is 50.9 Å². The normalized spacial score (nSPS) is 27.0. The standard InChI is InChI=1S/C22H30N4/c1-2-26-15-18(11-23-26)14-24-12-17-7-8-21(24)16-25(13-17)22-9-19-5-3-4-6-20(19)10-22/h3-6,11,15,17,21-22H,2,7-10,12-14,16H2,1H3/t17-,21-/m1/s1. The van der Waals surface area contributed by atoms with Crippen molar-refractivity contribution < 1.29 is 0 Å². The van der Waals surface area contributed by atoms with Crippen molar-refractivity contribution in [2.45, 2.75) is 57.8 Å². The first-order valence-electron chi connectivity index (χ1n) is 10.3. The van der Waals surface area contributed by atoms with Crippen molar-refractivity contribution in [2.75, 3.05) is 19.6 Å². The summed E-state index contributed by atoms with van der Waals surface area (Å²) in [7, 11) is 0. The maximum Gasteiger partial charge on any atom is 0.0534 e. The van der Waals surface area contributed by atoms with E-state index in [0.29, 0.717) is 6.04 Å². The van der Waals surface area contributed by atoms with E-state index in [9.17, 15) is 0 Å². The molecule has 0 spiro atoms. The number of hydrogen-bond donors (Lipinski definition) is 0. The molecule has 0 unspecified atom stereocenters. The van der Waals surface area contributed by atoms with Crippen molar-refractivity contribution in [3.05, 3.63) is 53.3 Å². The van der Waals surface area contributed by atoms with Crippen LogP contribution in [0.3, 0.4) is 0 Å². The average molecular weight is 351 g/mol. The van der Waals surface area contributed by atoms with Crippen molar-refractivity contribution in [3.8, 4) is 0 Å². The SMILES string of the molecule is CCn1cc(CN2C[C@H]3CC[C@@H]2CN(C2Cc4ccccc4C2)C3)cn1. The lowest BCUT2D eigenvalue weighted by molar-refractivity contribution is 0.120. The lowest BCUT2D eigenvalue weighted by Gasteiger charge is -2.36. The fourth-order valence-corrected chi connectivity index (χ4v) is 5.40. The van der Waals surface area contributed by atoms with E-state index in [0.717, 1.165) is 25.0 Å². The minimum atomic E-state index is 0.711. The van der Waals surface area contributed by atoms with Gasteiger partial charge in [-0.25, -0.2) is 0 Å². The summed E-state index contributed by atoms with van der Waals surface area (Å²) in [5, 5.41) is 4.47. The molecule has 4 heteroatoms. The number of benzene rings is 1. The molecule has 0 saturated carbocycles. The van der Waals surface area contributed by atoms with Crippen LogP contribution in [0.5, 0.6) is 0 Å². The largest absolute Gasteiger partial charge is 0.298 e. The van der Waals surface area contributed by atoms with Crippen molar-refractivity contribution in [2.24, 2.45) is 5.92 Å². The van der Waals surface area contributed by atoms with Crippen molar-refractivity contribution >= 4 is 0 Å². The van der Waals surface area contributed by atoms with Gasteiger partial charge in [0.2, 0.25) is 0 Å². The Morgan fingerprint density at radius 2 is 1.81 bits per heavy atom. The Morgan fingerprint density at radius 1 is 1.00 bits per heavy atom. The topological polar surface area (TPSA) is 24.3 Å². The van der Waals surface area contributed by atoms with Crippen molar-refractivity contribution in [1.82, 2.24) is 19.6 Å². The van der Waals surface area contributed by atoms with Crippen LogP contribution in [0.2, 0.25) is 0 Å². The second-order valence-electron chi connectivity index (χ2n) is 8.52. The van der Waals surface area contributed by atoms with Crippen LogP contribution in [0, 0.1) is 5.92 Å². The predicted molar refractivity (Wildman–Crippen MR) is 104 cm³/mol. The molecule has 2 bridgehead atoms. The number of fused-ring (bicyclic) bond motifs is 5. The van der Waals surface area contributed by atoms with E-state index in [-0.39, 0.29) is 0 Å².